The second-order valence-electron chi connectivity index (χ2n) is 5.00. The molecule has 0 radical (unpaired) electrons. The van der Waals surface area contributed by atoms with Gasteiger partial charge < -0.3 is 4.90 Å². The maximum atomic E-state index is 4.60. The number of hydrogen-bond acceptors (Lipinski definition) is 4. The number of rotatable bonds is 4. The molecule has 0 spiro atoms. The van der Waals surface area contributed by atoms with Gasteiger partial charge in [0, 0.05) is 25.0 Å². The summed E-state index contributed by atoms with van der Waals surface area (Å²) in [5, 5.41) is 0. The number of hydrogen-bond donors (Lipinski definition) is 1. The van der Waals surface area contributed by atoms with Gasteiger partial charge in [0.1, 0.15) is 0 Å². The molecule has 0 bridgehead atoms. The van der Waals surface area contributed by atoms with Crippen LogP contribution in [0.2, 0.25) is 0 Å². The summed E-state index contributed by atoms with van der Waals surface area (Å²) in [5.74, 6) is 2.53. The van der Waals surface area contributed by atoms with E-state index in [0.29, 0.717) is 6.04 Å². The van der Waals surface area contributed by atoms with Crippen molar-refractivity contribution in [2.45, 2.75) is 38.6 Å². The van der Waals surface area contributed by atoms with Crippen molar-refractivity contribution in [3.63, 3.8) is 0 Å². The summed E-state index contributed by atoms with van der Waals surface area (Å²) in [6.45, 7) is 2.33. The van der Waals surface area contributed by atoms with E-state index in [9.17, 15) is 0 Å². The third-order valence-electron chi connectivity index (χ3n) is 3.60. The normalized spacial score (nSPS) is 23.9. The van der Waals surface area contributed by atoms with E-state index in [1.807, 2.05) is 12.3 Å². The predicted molar refractivity (Wildman–Crippen MR) is 74.8 cm³/mol. The second-order valence-corrected chi connectivity index (χ2v) is 5.45. The first-order chi connectivity index (χ1) is 8.20. The maximum Gasteiger partial charge on any atom is 0.225 e. The molecule has 1 fully saturated rings. The first kappa shape index (κ1) is 12.7. The molecule has 0 aromatic carbocycles. The molecule has 2 rings (SSSR count). The van der Waals surface area contributed by atoms with E-state index in [2.05, 4.69) is 41.5 Å². The summed E-state index contributed by atoms with van der Waals surface area (Å²) < 4.78 is 0. The lowest BCUT2D eigenvalue weighted by Gasteiger charge is -2.24. The molecule has 17 heavy (non-hydrogen) atoms. The Morgan fingerprint density at radius 1 is 1.47 bits per heavy atom. The van der Waals surface area contributed by atoms with Crippen molar-refractivity contribution in [2.24, 2.45) is 5.92 Å². The first-order valence-electron chi connectivity index (χ1n) is 6.36. The lowest BCUT2D eigenvalue weighted by Crippen LogP contribution is -2.31. The average Bonchev–Trinajstić information content (AvgIpc) is 2.76. The van der Waals surface area contributed by atoms with Crippen LogP contribution in [0, 0.1) is 5.92 Å². The summed E-state index contributed by atoms with van der Waals surface area (Å²) in [5.41, 5.74) is 1.09. The Morgan fingerprint density at radius 3 is 2.94 bits per heavy atom. The third kappa shape index (κ3) is 3.12. The van der Waals surface area contributed by atoms with E-state index in [4.69, 9.17) is 0 Å². The van der Waals surface area contributed by atoms with Crippen molar-refractivity contribution in [3.05, 3.63) is 18.0 Å². The molecule has 0 saturated heterocycles. The molecule has 94 valence electrons. The number of aromatic nitrogens is 2. The quantitative estimate of drug-likeness (QED) is 0.834. The average molecular weight is 251 g/mol. The molecule has 2 atom stereocenters. The molecule has 1 aromatic rings. The van der Waals surface area contributed by atoms with Crippen LogP contribution in [0.25, 0.3) is 0 Å². The van der Waals surface area contributed by atoms with Gasteiger partial charge in [0.05, 0.1) is 0 Å². The van der Waals surface area contributed by atoms with Crippen molar-refractivity contribution < 1.29 is 0 Å². The summed E-state index contributed by atoms with van der Waals surface area (Å²) in [7, 11) is 2.11. The third-order valence-corrected chi connectivity index (χ3v) is 3.82. The highest BCUT2D eigenvalue weighted by Crippen LogP contribution is 2.29. The molecular weight excluding hydrogens is 230 g/mol. The molecule has 1 heterocycles. The molecule has 3 nitrogen and oxygen atoms in total. The summed E-state index contributed by atoms with van der Waals surface area (Å²) in [6.07, 6.45) is 6.61. The van der Waals surface area contributed by atoms with E-state index in [1.54, 1.807) is 0 Å². The molecule has 0 amide bonds. The van der Waals surface area contributed by atoms with Crippen LogP contribution in [0.1, 0.15) is 31.9 Å². The van der Waals surface area contributed by atoms with Crippen LogP contribution in [0.15, 0.2) is 12.3 Å². The van der Waals surface area contributed by atoms with Crippen LogP contribution in [-0.2, 0) is 6.42 Å². The minimum Gasteiger partial charge on any atom is -0.341 e. The zero-order valence-corrected chi connectivity index (χ0v) is 11.5. The Hall–Kier alpha value is -0.770. The highest BCUT2D eigenvalue weighted by Gasteiger charge is 2.26. The molecule has 1 aliphatic carbocycles. The Kier molecular flexibility index (Phi) is 4.26. The van der Waals surface area contributed by atoms with Gasteiger partial charge in [-0.1, -0.05) is 6.92 Å². The Bertz CT molecular complexity index is 369. The number of aryl methyl sites for hydroxylation is 1. The van der Waals surface area contributed by atoms with Gasteiger partial charge in [0.25, 0.3) is 0 Å². The molecule has 0 N–H and O–H groups in total. The number of nitrogens with zero attached hydrogens (tertiary/aromatic N) is 3. The van der Waals surface area contributed by atoms with Gasteiger partial charge in [-0.3, -0.25) is 0 Å². The summed E-state index contributed by atoms with van der Waals surface area (Å²) in [6, 6.07) is 2.58. The van der Waals surface area contributed by atoms with Crippen LogP contribution in [0.3, 0.4) is 0 Å². The van der Waals surface area contributed by atoms with Gasteiger partial charge in [-0.2, -0.15) is 12.6 Å². The molecule has 1 saturated carbocycles. The van der Waals surface area contributed by atoms with Gasteiger partial charge >= 0.3 is 0 Å². The molecule has 0 aliphatic heterocycles. The maximum absolute atomic E-state index is 4.60. The van der Waals surface area contributed by atoms with Gasteiger partial charge in [-0.15, -0.1) is 0 Å². The Morgan fingerprint density at radius 2 is 2.29 bits per heavy atom. The smallest absolute Gasteiger partial charge is 0.225 e. The molecule has 4 heteroatoms. The summed E-state index contributed by atoms with van der Waals surface area (Å²) in [4.78, 5) is 11.2. The highest BCUT2D eigenvalue weighted by molar-refractivity contribution is 7.80. The minimum atomic E-state index is 0.608. The zero-order valence-electron chi connectivity index (χ0n) is 10.6. The fourth-order valence-corrected chi connectivity index (χ4v) is 2.73. The Balaban J connectivity index is 2.07. The van der Waals surface area contributed by atoms with Crippen molar-refractivity contribution >= 4 is 18.6 Å². The largest absolute Gasteiger partial charge is 0.341 e. The standard InChI is InChI=1S/C13H21N3S/c1-10-3-4-12(9-10)16(2)13-14-7-5-11(15-13)6-8-17/h5,7,10,12,17H,3-4,6,8-9H2,1-2H3. The van der Waals surface area contributed by atoms with E-state index in [0.717, 1.165) is 29.7 Å². The topological polar surface area (TPSA) is 29.0 Å². The van der Waals surface area contributed by atoms with Crippen molar-refractivity contribution in [1.82, 2.24) is 9.97 Å². The van der Waals surface area contributed by atoms with Gasteiger partial charge in [0.2, 0.25) is 5.95 Å². The molecule has 1 aliphatic rings. The SMILES string of the molecule is CC1CCC(N(C)c2nccc(CCS)n2)C1. The van der Waals surface area contributed by atoms with Gasteiger partial charge in [-0.25, -0.2) is 9.97 Å². The van der Waals surface area contributed by atoms with Gasteiger partial charge in [-0.05, 0) is 43.4 Å². The fraction of sp³-hybridized carbons (Fsp3) is 0.692. The molecule has 2 unspecified atom stereocenters. The first-order valence-corrected chi connectivity index (χ1v) is 6.99. The van der Waals surface area contributed by atoms with Crippen LogP contribution in [-0.4, -0.2) is 28.8 Å². The predicted octanol–water partition coefficient (Wildman–Crippen LogP) is 2.57. The zero-order chi connectivity index (χ0) is 12.3. The lowest BCUT2D eigenvalue weighted by atomic mass is 10.1. The van der Waals surface area contributed by atoms with E-state index in [1.165, 1.54) is 19.3 Å². The van der Waals surface area contributed by atoms with Crippen molar-refractivity contribution in [1.29, 1.82) is 0 Å². The lowest BCUT2D eigenvalue weighted by molar-refractivity contribution is 0.576. The molecular formula is C13H21N3S. The fourth-order valence-electron chi connectivity index (χ4n) is 2.50. The van der Waals surface area contributed by atoms with Crippen LogP contribution >= 0.6 is 12.6 Å². The van der Waals surface area contributed by atoms with E-state index in [-0.39, 0.29) is 0 Å². The highest BCUT2D eigenvalue weighted by atomic mass is 32.1. The van der Waals surface area contributed by atoms with Crippen LogP contribution in [0.5, 0.6) is 0 Å². The molecule has 1 aromatic heterocycles. The van der Waals surface area contributed by atoms with Crippen molar-refractivity contribution in [2.75, 3.05) is 17.7 Å². The van der Waals surface area contributed by atoms with Crippen LogP contribution < -0.4 is 4.90 Å². The Labute approximate surface area is 109 Å². The van der Waals surface area contributed by atoms with E-state index < -0.39 is 0 Å². The van der Waals surface area contributed by atoms with Crippen LogP contribution in [0.4, 0.5) is 5.95 Å². The number of thiol groups is 1. The summed E-state index contributed by atoms with van der Waals surface area (Å²) >= 11 is 4.24. The van der Waals surface area contributed by atoms with E-state index >= 15 is 0 Å². The second kappa shape index (κ2) is 5.71. The van der Waals surface area contributed by atoms with Gasteiger partial charge in [0.15, 0.2) is 0 Å². The number of anilines is 1. The monoisotopic (exact) mass is 251 g/mol. The minimum absolute atomic E-state index is 0.608. The van der Waals surface area contributed by atoms with Crippen molar-refractivity contribution in [3.8, 4) is 0 Å².